The first-order valence-electron chi connectivity index (χ1n) is 6.85. The fourth-order valence-electron chi connectivity index (χ4n) is 2.63. The van der Waals surface area contributed by atoms with Gasteiger partial charge in [0, 0.05) is 18.6 Å². The second-order valence-corrected chi connectivity index (χ2v) is 6.57. The maximum atomic E-state index is 12.1. The van der Waals surface area contributed by atoms with Gasteiger partial charge in [0.25, 0.3) is 5.56 Å². The Morgan fingerprint density at radius 2 is 2.20 bits per heavy atom. The predicted octanol–water partition coefficient (Wildman–Crippen LogP) is 2.70. The molecule has 0 amide bonds. The van der Waals surface area contributed by atoms with Crippen molar-refractivity contribution in [2.75, 3.05) is 12.4 Å². The van der Waals surface area contributed by atoms with Crippen LogP contribution in [0.1, 0.15) is 40.2 Å². The molecule has 1 heterocycles. The molecule has 0 aromatic carbocycles. The van der Waals surface area contributed by atoms with Crippen LogP contribution >= 0.6 is 11.6 Å². The van der Waals surface area contributed by atoms with Crippen molar-refractivity contribution in [1.29, 1.82) is 0 Å². The van der Waals surface area contributed by atoms with Crippen LogP contribution in [0.4, 0.5) is 5.69 Å². The molecule has 1 aliphatic rings. The zero-order valence-electron chi connectivity index (χ0n) is 12.6. The third-order valence-electron chi connectivity index (χ3n) is 4.22. The van der Waals surface area contributed by atoms with Gasteiger partial charge in [-0.3, -0.25) is 4.79 Å². The van der Waals surface area contributed by atoms with Crippen LogP contribution in [0.15, 0.2) is 11.0 Å². The Labute approximate surface area is 124 Å². The molecule has 0 radical (unpaired) electrons. The first kappa shape index (κ1) is 15.3. The number of nitrogens with one attached hydrogen (secondary N) is 1. The maximum absolute atomic E-state index is 12.1. The van der Waals surface area contributed by atoms with Crippen LogP contribution in [0, 0.1) is 5.41 Å². The Morgan fingerprint density at radius 1 is 1.55 bits per heavy atom. The van der Waals surface area contributed by atoms with Gasteiger partial charge in [-0.15, -0.1) is 0 Å². The maximum Gasteiger partial charge on any atom is 0.287 e. The molecule has 2 rings (SSSR count). The van der Waals surface area contributed by atoms with Crippen LogP contribution in [-0.4, -0.2) is 29.0 Å². The van der Waals surface area contributed by atoms with Crippen molar-refractivity contribution in [2.45, 2.75) is 52.3 Å². The molecule has 0 spiro atoms. The van der Waals surface area contributed by atoms with Crippen molar-refractivity contribution in [3.8, 4) is 0 Å². The van der Waals surface area contributed by atoms with Crippen molar-refractivity contribution in [3.05, 3.63) is 21.6 Å². The summed E-state index contributed by atoms with van der Waals surface area (Å²) in [6.07, 6.45) is 2.75. The van der Waals surface area contributed by atoms with Crippen LogP contribution in [-0.2, 0) is 4.74 Å². The van der Waals surface area contributed by atoms with E-state index in [0.29, 0.717) is 5.69 Å². The second-order valence-electron chi connectivity index (χ2n) is 6.19. The Morgan fingerprint density at radius 3 is 2.70 bits per heavy atom. The van der Waals surface area contributed by atoms with Crippen molar-refractivity contribution >= 4 is 17.3 Å². The number of hydrogen-bond acceptors (Lipinski definition) is 4. The average Bonchev–Trinajstić information content (AvgIpc) is 2.38. The van der Waals surface area contributed by atoms with Gasteiger partial charge in [-0.05, 0) is 20.3 Å². The zero-order valence-corrected chi connectivity index (χ0v) is 13.4. The molecule has 6 heteroatoms. The van der Waals surface area contributed by atoms with E-state index in [9.17, 15) is 4.79 Å². The summed E-state index contributed by atoms with van der Waals surface area (Å²) in [5.41, 5.74) is 0.346. The molecule has 5 nitrogen and oxygen atoms in total. The number of methoxy groups -OCH3 is 1. The lowest BCUT2D eigenvalue weighted by Gasteiger charge is -2.51. The fourth-order valence-corrected chi connectivity index (χ4v) is 2.82. The van der Waals surface area contributed by atoms with E-state index in [-0.39, 0.29) is 34.2 Å². The van der Waals surface area contributed by atoms with Crippen LogP contribution < -0.4 is 10.9 Å². The van der Waals surface area contributed by atoms with E-state index in [2.05, 4.69) is 24.3 Å². The highest BCUT2D eigenvalue weighted by atomic mass is 35.5. The van der Waals surface area contributed by atoms with Crippen molar-refractivity contribution in [3.63, 3.8) is 0 Å². The summed E-state index contributed by atoms with van der Waals surface area (Å²) in [7, 11) is 1.72. The van der Waals surface area contributed by atoms with Gasteiger partial charge < -0.3 is 10.1 Å². The van der Waals surface area contributed by atoms with Crippen molar-refractivity contribution in [2.24, 2.45) is 5.41 Å². The minimum atomic E-state index is -0.257. The molecule has 0 aliphatic heterocycles. The van der Waals surface area contributed by atoms with E-state index in [4.69, 9.17) is 16.3 Å². The third-order valence-corrected chi connectivity index (χ3v) is 4.59. The molecule has 2 unspecified atom stereocenters. The van der Waals surface area contributed by atoms with Gasteiger partial charge in [-0.1, -0.05) is 25.4 Å². The number of aromatic nitrogens is 2. The summed E-state index contributed by atoms with van der Waals surface area (Å²) in [6, 6.07) is 0.216. The van der Waals surface area contributed by atoms with Crippen LogP contribution in [0.2, 0.25) is 5.02 Å². The van der Waals surface area contributed by atoms with Crippen molar-refractivity contribution in [1.82, 2.24) is 9.78 Å². The summed E-state index contributed by atoms with van der Waals surface area (Å²) in [4.78, 5) is 12.1. The molecule has 2 atom stereocenters. The number of ether oxygens (including phenoxy) is 1. The molecule has 1 N–H and O–H groups in total. The molecule has 0 bridgehead atoms. The van der Waals surface area contributed by atoms with E-state index < -0.39 is 0 Å². The molecule has 112 valence electrons. The van der Waals surface area contributed by atoms with Crippen LogP contribution in [0.3, 0.4) is 0 Å². The molecule has 0 saturated heterocycles. The van der Waals surface area contributed by atoms with E-state index in [0.717, 1.165) is 6.42 Å². The minimum absolute atomic E-state index is 0.00495. The third kappa shape index (κ3) is 2.44. The second kappa shape index (κ2) is 5.37. The summed E-state index contributed by atoms with van der Waals surface area (Å²) < 4.78 is 6.81. The van der Waals surface area contributed by atoms with Gasteiger partial charge in [0.1, 0.15) is 5.02 Å². The van der Waals surface area contributed by atoms with Gasteiger partial charge in [0.05, 0.1) is 24.0 Å². The molecule has 1 aromatic heterocycles. The molecule has 1 aromatic rings. The first-order valence-corrected chi connectivity index (χ1v) is 7.23. The SMILES string of the molecule is COC1CC(Nc2cnn(C(C)C)c(=O)c2Cl)C1(C)C. The summed E-state index contributed by atoms with van der Waals surface area (Å²) in [6.45, 7) is 8.07. The van der Waals surface area contributed by atoms with Gasteiger partial charge in [-0.2, -0.15) is 5.10 Å². The molecular weight excluding hydrogens is 278 g/mol. The summed E-state index contributed by atoms with van der Waals surface area (Å²) >= 11 is 6.16. The van der Waals surface area contributed by atoms with Crippen LogP contribution in [0.5, 0.6) is 0 Å². The topological polar surface area (TPSA) is 56.1 Å². The molecule has 20 heavy (non-hydrogen) atoms. The minimum Gasteiger partial charge on any atom is -0.381 e. The Kier molecular flexibility index (Phi) is 4.12. The fraction of sp³-hybridized carbons (Fsp3) is 0.714. The van der Waals surface area contributed by atoms with E-state index in [1.54, 1.807) is 13.3 Å². The standard InChI is InChI=1S/C14H22ClN3O2/c1-8(2)18-13(19)12(15)9(7-16-18)17-10-6-11(20-5)14(10,3)4/h7-8,10-11,17H,6H2,1-5H3. The quantitative estimate of drug-likeness (QED) is 0.929. The van der Waals surface area contributed by atoms with Gasteiger partial charge in [-0.25, -0.2) is 4.68 Å². The predicted molar refractivity (Wildman–Crippen MR) is 80.5 cm³/mol. The Hall–Kier alpha value is -1.07. The van der Waals surface area contributed by atoms with Gasteiger partial charge in [0.15, 0.2) is 0 Å². The van der Waals surface area contributed by atoms with Gasteiger partial charge >= 0.3 is 0 Å². The van der Waals surface area contributed by atoms with E-state index in [1.807, 2.05) is 13.8 Å². The number of anilines is 1. The van der Waals surface area contributed by atoms with E-state index >= 15 is 0 Å². The Balaban J connectivity index is 2.20. The molecule has 1 aliphatic carbocycles. The largest absolute Gasteiger partial charge is 0.381 e. The van der Waals surface area contributed by atoms with Gasteiger partial charge in [0.2, 0.25) is 0 Å². The number of hydrogen-bond donors (Lipinski definition) is 1. The summed E-state index contributed by atoms with van der Waals surface area (Å²) in [5, 5.41) is 7.68. The Bertz CT molecular complexity index is 554. The molecular formula is C14H22ClN3O2. The van der Waals surface area contributed by atoms with E-state index in [1.165, 1.54) is 4.68 Å². The monoisotopic (exact) mass is 299 g/mol. The molecule has 1 saturated carbocycles. The smallest absolute Gasteiger partial charge is 0.287 e. The lowest BCUT2D eigenvalue weighted by molar-refractivity contribution is -0.0794. The highest BCUT2D eigenvalue weighted by Crippen LogP contribution is 2.44. The average molecular weight is 300 g/mol. The lowest BCUT2D eigenvalue weighted by Crippen LogP contribution is -2.57. The highest BCUT2D eigenvalue weighted by Gasteiger charge is 2.48. The molecule has 1 fully saturated rings. The zero-order chi connectivity index (χ0) is 15.1. The summed E-state index contributed by atoms with van der Waals surface area (Å²) in [5.74, 6) is 0. The first-order chi connectivity index (χ1) is 9.28. The number of halogens is 1. The lowest BCUT2D eigenvalue weighted by atomic mass is 9.64. The highest BCUT2D eigenvalue weighted by molar-refractivity contribution is 6.32. The normalized spacial score (nSPS) is 24.6. The van der Waals surface area contributed by atoms with Crippen LogP contribution in [0.25, 0.3) is 0 Å². The van der Waals surface area contributed by atoms with Crippen molar-refractivity contribution < 1.29 is 4.74 Å². The number of rotatable bonds is 4. The number of nitrogens with zero attached hydrogens (tertiary/aromatic N) is 2.